The van der Waals surface area contributed by atoms with Crippen LogP contribution in [0.5, 0.6) is 0 Å². The summed E-state index contributed by atoms with van der Waals surface area (Å²) >= 11 is 0. The van der Waals surface area contributed by atoms with Crippen LogP contribution in [0.2, 0.25) is 0 Å². The second kappa shape index (κ2) is 4.60. The van der Waals surface area contributed by atoms with Gasteiger partial charge in [-0.15, -0.1) is 0 Å². The summed E-state index contributed by atoms with van der Waals surface area (Å²) in [6.45, 7) is 8.54. The molecule has 0 amide bonds. The van der Waals surface area contributed by atoms with Crippen molar-refractivity contribution in [1.82, 2.24) is 10.2 Å². The van der Waals surface area contributed by atoms with Gasteiger partial charge in [-0.2, -0.15) is 0 Å². The maximum atomic E-state index is 9.35. The molecule has 3 nitrogen and oxygen atoms in total. The molecule has 1 fully saturated rings. The first kappa shape index (κ1) is 12.0. The van der Waals surface area contributed by atoms with Crippen molar-refractivity contribution < 1.29 is 5.11 Å². The molecule has 0 saturated carbocycles. The van der Waals surface area contributed by atoms with E-state index >= 15 is 0 Å². The van der Waals surface area contributed by atoms with Crippen LogP contribution >= 0.6 is 0 Å². The summed E-state index contributed by atoms with van der Waals surface area (Å²) in [5.74, 6) is 0. The van der Waals surface area contributed by atoms with Crippen molar-refractivity contribution in [3.63, 3.8) is 0 Å². The van der Waals surface area contributed by atoms with Gasteiger partial charge >= 0.3 is 0 Å². The number of nitrogens with zero attached hydrogens (tertiary/aromatic N) is 1. The minimum atomic E-state index is -0.125. The van der Waals surface area contributed by atoms with Crippen molar-refractivity contribution in [2.45, 2.75) is 51.3 Å². The van der Waals surface area contributed by atoms with E-state index in [1.165, 1.54) is 0 Å². The van der Waals surface area contributed by atoms with E-state index < -0.39 is 0 Å². The summed E-state index contributed by atoms with van der Waals surface area (Å²) in [7, 11) is 2.16. The van der Waals surface area contributed by atoms with Gasteiger partial charge in [-0.3, -0.25) is 0 Å². The highest BCUT2D eigenvalue weighted by molar-refractivity contribution is 4.83. The van der Waals surface area contributed by atoms with E-state index in [2.05, 4.69) is 38.0 Å². The number of nitrogens with one attached hydrogen (secondary N) is 1. The van der Waals surface area contributed by atoms with E-state index in [9.17, 15) is 5.11 Å². The van der Waals surface area contributed by atoms with Crippen molar-refractivity contribution in [3.05, 3.63) is 0 Å². The molecule has 0 spiro atoms. The third kappa shape index (κ3) is 3.56. The molecular weight excluding hydrogens is 176 g/mol. The van der Waals surface area contributed by atoms with Crippen molar-refractivity contribution in [2.24, 2.45) is 0 Å². The van der Waals surface area contributed by atoms with Crippen LogP contribution in [0.4, 0.5) is 0 Å². The fourth-order valence-electron chi connectivity index (χ4n) is 1.70. The lowest BCUT2D eigenvalue weighted by atomic mass is 10.1. The van der Waals surface area contributed by atoms with Gasteiger partial charge in [-0.05, 0) is 47.2 Å². The molecule has 0 aromatic heterocycles. The molecule has 1 rings (SSSR count). The normalized spacial score (nSPS) is 28.7. The fourth-order valence-corrected chi connectivity index (χ4v) is 1.70. The molecule has 3 heteroatoms. The zero-order valence-electron chi connectivity index (χ0n) is 9.88. The van der Waals surface area contributed by atoms with Crippen molar-refractivity contribution in [1.29, 1.82) is 0 Å². The molecule has 0 aliphatic carbocycles. The Hall–Kier alpha value is -0.120. The topological polar surface area (TPSA) is 35.5 Å². The summed E-state index contributed by atoms with van der Waals surface area (Å²) in [6.07, 6.45) is 1.92. The SMILES string of the molecule is CN(CCC1CC(O)CN1)C(C)(C)C. The van der Waals surface area contributed by atoms with Gasteiger partial charge in [0.15, 0.2) is 0 Å². The molecule has 0 aromatic carbocycles. The van der Waals surface area contributed by atoms with Crippen LogP contribution in [-0.4, -0.2) is 47.8 Å². The number of hydrogen-bond acceptors (Lipinski definition) is 3. The molecule has 0 aromatic rings. The van der Waals surface area contributed by atoms with Gasteiger partial charge in [-0.25, -0.2) is 0 Å². The third-order valence-electron chi connectivity index (χ3n) is 3.16. The minimum Gasteiger partial charge on any atom is -0.392 e. The predicted octanol–water partition coefficient (Wildman–Crippen LogP) is 0.830. The Morgan fingerprint density at radius 2 is 2.07 bits per heavy atom. The highest BCUT2D eigenvalue weighted by Gasteiger charge is 2.23. The Morgan fingerprint density at radius 1 is 1.43 bits per heavy atom. The number of aliphatic hydroxyl groups is 1. The second-order valence-electron chi connectivity index (χ2n) is 5.38. The summed E-state index contributed by atoms with van der Waals surface area (Å²) in [6, 6.07) is 0.509. The molecule has 1 aliphatic heterocycles. The lowest BCUT2D eigenvalue weighted by Gasteiger charge is -2.32. The van der Waals surface area contributed by atoms with E-state index in [0.29, 0.717) is 6.04 Å². The van der Waals surface area contributed by atoms with Crippen molar-refractivity contribution >= 4 is 0 Å². The van der Waals surface area contributed by atoms with Crippen molar-refractivity contribution in [2.75, 3.05) is 20.1 Å². The van der Waals surface area contributed by atoms with E-state index in [1.807, 2.05) is 0 Å². The number of hydrogen-bond donors (Lipinski definition) is 2. The Bertz CT molecular complexity index is 177. The third-order valence-corrected chi connectivity index (χ3v) is 3.16. The predicted molar refractivity (Wildman–Crippen MR) is 59.4 cm³/mol. The number of β-amino-alcohol motifs (C(OH)–C–C–N with tert-alkyl or cyclic N) is 1. The van der Waals surface area contributed by atoms with Gasteiger partial charge in [0.1, 0.15) is 0 Å². The zero-order chi connectivity index (χ0) is 10.8. The Balaban J connectivity index is 2.21. The molecule has 14 heavy (non-hydrogen) atoms. The summed E-state index contributed by atoms with van der Waals surface area (Å²) in [5.41, 5.74) is 0.247. The first-order valence-electron chi connectivity index (χ1n) is 5.52. The molecule has 1 saturated heterocycles. The van der Waals surface area contributed by atoms with Gasteiger partial charge in [0.25, 0.3) is 0 Å². The highest BCUT2D eigenvalue weighted by Crippen LogP contribution is 2.14. The molecule has 84 valence electrons. The van der Waals surface area contributed by atoms with E-state index in [4.69, 9.17) is 0 Å². The monoisotopic (exact) mass is 200 g/mol. The molecular formula is C11H24N2O. The zero-order valence-corrected chi connectivity index (χ0v) is 9.88. The van der Waals surface area contributed by atoms with Crippen LogP contribution in [-0.2, 0) is 0 Å². The van der Waals surface area contributed by atoms with Crippen LogP contribution in [0.3, 0.4) is 0 Å². The summed E-state index contributed by atoms with van der Waals surface area (Å²) < 4.78 is 0. The number of rotatable bonds is 3. The largest absolute Gasteiger partial charge is 0.392 e. The maximum absolute atomic E-state index is 9.35. The standard InChI is InChI=1S/C11H24N2O/c1-11(2,3)13(4)6-5-9-7-10(14)8-12-9/h9-10,12,14H,5-8H2,1-4H3. The van der Waals surface area contributed by atoms with Gasteiger partial charge < -0.3 is 15.3 Å². The van der Waals surface area contributed by atoms with E-state index in [1.54, 1.807) is 0 Å². The average Bonchev–Trinajstić information content (AvgIpc) is 2.45. The molecule has 0 bridgehead atoms. The van der Waals surface area contributed by atoms with Crippen molar-refractivity contribution in [3.8, 4) is 0 Å². The molecule has 2 unspecified atom stereocenters. The minimum absolute atomic E-state index is 0.125. The Kier molecular flexibility index (Phi) is 3.93. The van der Waals surface area contributed by atoms with Gasteiger partial charge in [-0.1, -0.05) is 0 Å². The maximum Gasteiger partial charge on any atom is 0.0679 e. The summed E-state index contributed by atoms with van der Waals surface area (Å²) in [5, 5.41) is 12.7. The second-order valence-corrected chi connectivity index (χ2v) is 5.38. The first-order chi connectivity index (χ1) is 6.39. The van der Waals surface area contributed by atoms with E-state index in [0.717, 1.165) is 25.9 Å². The molecule has 1 aliphatic rings. The van der Waals surface area contributed by atoms with Crippen LogP contribution in [0.15, 0.2) is 0 Å². The van der Waals surface area contributed by atoms with E-state index in [-0.39, 0.29) is 11.6 Å². The highest BCUT2D eigenvalue weighted by atomic mass is 16.3. The smallest absolute Gasteiger partial charge is 0.0679 e. The molecule has 2 atom stereocenters. The van der Waals surface area contributed by atoms with Gasteiger partial charge in [0, 0.05) is 18.1 Å². The molecule has 0 radical (unpaired) electrons. The van der Waals surface area contributed by atoms with Gasteiger partial charge in [0.2, 0.25) is 0 Å². The van der Waals surface area contributed by atoms with Gasteiger partial charge in [0.05, 0.1) is 6.10 Å². The lowest BCUT2D eigenvalue weighted by Crippen LogP contribution is -2.40. The van der Waals surface area contributed by atoms with Crippen LogP contribution in [0.25, 0.3) is 0 Å². The average molecular weight is 200 g/mol. The quantitative estimate of drug-likeness (QED) is 0.708. The van der Waals surface area contributed by atoms with Crippen LogP contribution < -0.4 is 5.32 Å². The summed E-state index contributed by atoms with van der Waals surface area (Å²) in [4.78, 5) is 2.36. The number of aliphatic hydroxyl groups excluding tert-OH is 1. The first-order valence-corrected chi connectivity index (χ1v) is 5.52. The lowest BCUT2D eigenvalue weighted by molar-refractivity contribution is 0.164. The molecule has 1 heterocycles. The molecule has 2 N–H and O–H groups in total. The van der Waals surface area contributed by atoms with Crippen LogP contribution in [0, 0.1) is 0 Å². The Morgan fingerprint density at radius 3 is 2.50 bits per heavy atom. The van der Waals surface area contributed by atoms with Crippen LogP contribution in [0.1, 0.15) is 33.6 Å². The Labute approximate surface area is 87.5 Å². The fraction of sp³-hybridized carbons (Fsp3) is 1.00.